The van der Waals surface area contributed by atoms with E-state index in [4.69, 9.17) is 14.2 Å². The summed E-state index contributed by atoms with van der Waals surface area (Å²) in [6, 6.07) is -0.733. The third kappa shape index (κ3) is 36.4. The quantitative estimate of drug-likeness (QED) is 0.0266. The van der Waals surface area contributed by atoms with E-state index >= 15 is 0 Å². The predicted octanol–water partition coefficient (Wildman–Crippen LogP) is 10.6. The van der Waals surface area contributed by atoms with Gasteiger partial charge in [0.15, 0.2) is 6.10 Å². The van der Waals surface area contributed by atoms with Gasteiger partial charge in [0.2, 0.25) is 0 Å². The molecule has 0 saturated carbocycles. The minimum atomic E-state index is -1.13. The number of hydrogen-bond acceptors (Lipinski definition) is 7. The molecule has 8 nitrogen and oxygen atoms in total. The summed E-state index contributed by atoms with van der Waals surface area (Å²) in [5.41, 5.74) is 0. The molecule has 0 spiro atoms. The largest absolute Gasteiger partial charge is 0.544 e. The topological polar surface area (TPSA) is 102 Å². The maximum atomic E-state index is 12.7. The molecule has 0 rings (SSSR count). The third-order valence-electron chi connectivity index (χ3n) is 9.34. The van der Waals surface area contributed by atoms with Gasteiger partial charge in [0, 0.05) is 19.3 Å². The lowest BCUT2D eigenvalue weighted by Crippen LogP contribution is -2.55. The van der Waals surface area contributed by atoms with Crippen molar-refractivity contribution in [3.63, 3.8) is 0 Å². The number of carboxylic acids is 1. The molecule has 0 heterocycles. The summed E-state index contributed by atoms with van der Waals surface area (Å²) >= 11 is 0. The minimum absolute atomic E-state index is 0.0254. The Morgan fingerprint density at radius 2 is 0.946 bits per heavy atom. The summed E-state index contributed by atoms with van der Waals surface area (Å²) < 4.78 is 17.1. The van der Waals surface area contributed by atoms with Gasteiger partial charge in [0.25, 0.3) is 0 Å². The molecule has 0 aromatic rings. The number of allylic oxidation sites excluding steroid dienone is 12. The first-order chi connectivity index (χ1) is 27.1. The Bertz CT molecular complexity index is 1140. The Hall–Kier alpha value is -3.23. The van der Waals surface area contributed by atoms with Crippen LogP contribution in [0.4, 0.5) is 0 Å². The molecule has 0 aliphatic carbocycles. The molecule has 0 aliphatic heterocycles. The SMILES string of the molecule is CC/C=C/C/C=C/C/C=C/C/C=C/CCCCCCCCCCCCC(=O)OC(COCCC(C(=O)[O-])[N+](C)(C)C)COC(=O)CCCC/C=C/C/C=C/CC. The minimum Gasteiger partial charge on any atom is -0.544 e. The molecule has 0 saturated heterocycles. The Balaban J connectivity index is 4.25. The van der Waals surface area contributed by atoms with Gasteiger partial charge in [0.1, 0.15) is 12.6 Å². The second-order valence-electron chi connectivity index (χ2n) is 15.5. The van der Waals surface area contributed by atoms with Gasteiger partial charge in [-0.3, -0.25) is 9.59 Å². The van der Waals surface area contributed by atoms with Crippen LogP contribution in [0.25, 0.3) is 0 Å². The van der Waals surface area contributed by atoms with Crippen molar-refractivity contribution >= 4 is 17.9 Å². The number of likely N-dealkylation sites (N-methyl/N-ethyl adjacent to an activating group) is 1. The number of carbonyl (C=O) groups excluding carboxylic acids is 3. The number of aliphatic carboxylic acids is 1. The van der Waals surface area contributed by atoms with Gasteiger partial charge in [0.05, 0.1) is 40.3 Å². The summed E-state index contributed by atoms with van der Waals surface area (Å²) in [6.07, 6.45) is 48.0. The number of hydrogen-bond donors (Lipinski definition) is 0. The molecule has 0 amide bonds. The Kier molecular flexibility index (Phi) is 36.4. The highest BCUT2D eigenvalue weighted by Gasteiger charge is 2.25. The van der Waals surface area contributed by atoms with Crippen LogP contribution in [0.1, 0.15) is 162 Å². The maximum Gasteiger partial charge on any atom is 0.306 e. The summed E-state index contributed by atoms with van der Waals surface area (Å²) in [4.78, 5) is 36.7. The summed E-state index contributed by atoms with van der Waals surface area (Å²) in [6.45, 7) is 4.37. The fourth-order valence-electron chi connectivity index (χ4n) is 5.98. The molecule has 8 heteroatoms. The van der Waals surface area contributed by atoms with Crippen molar-refractivity contribution in [3.05, 3.63) is 72.9 Å². The van der Waals surface area contributed by atoms with Crippen molar-refractivity contribution < 1.29 is 38.2 Å². The molecule has 0 aliphatic rings. The molecule has 2 unspecified atom stereocenters. The molecule has 0 aromatic carbocycles. The highest BCUT2D eigenvalue weighted by atomic mass is 16.6. The zero-order valence-electron chi connectivity index (χ0n) is 36.3. The van der Waals surface area contributed by atoms with Crippen LogP contribution in [0.15, 0.2) is 72.9 Å². The smallest absolute Gasteiger partial charge is 0.306 e. The monoisotopic (exact) mass is 784 g/mol. The van der Waals surface area contributed by atoms with Gasteiger partial charge < -0.3 is 28.6 Å². The number of carboxylic acid groups (broad SMARTS) is 1. The number of ether oxygens (including phenoxy) is 3. The van der Waals surface area contributed by atoms with Crippen LogP contribution in [0.2, 0.25) is 0 Å². The number of quaternary nitrogens is 1. The standard InChI is InChI=1S/C48H81NO7/c1-6-8-10-12-14-16-17-18-19-20-21-22-23-24-25-26-27-28-29-31-33-35-37-39-47(51)56-44(42-54-41-40-45(48(52)53)49(3,4)5)43-55-46(50)38-36-34-32-30-15-13-11-9-7-2/h8-11,14-16,18-19,21-22,30,44-45H,6-7,12-13,17,20,23-29,31-43H2,1-5H3/b10-8+,11-9+,16-14+,19-18+,22-21+,30-15+. The van der Waals surface area contributed by atoms with E-state index in [1.807, 2.05) is 0 Å². The Labute approximate surface area is 342 Å². The number of unbranched alkanes of at least 4 members (excludes halogenated alkanes) is 12. The van der Waals surface area contributed by atoms with Crippen LogP contribution in [0.3, 0.4) is 0 Å². The lowest BCUT2D eigenvalue weighted by molar-refractivity contribution is -0.889. The Morgan fingerprint density at radius 3 is 1.43 bits per heavy atom. The lowest BCUT2D eigenvalue weighted by Gasteiger charge is -2.34. The van der Waals surface area contributed by atoms with Crippen molar-refractivity contribution in [2.45, 2.75) is 174 Å². The molecule has 0 radical (unpaired) electrons. The molecule has 0 fully saturated rings. The van der Waals surface area contributed by atoms with E-state index in [2.05, 4.69) is 86.8 Å². The molecular weight excluding hydrogens is 703 g/mol. The van der Waals surface area contributed by atoms with Crippen LogP contribution < -0.4 is 5.11 Å². The van der Waals surface area contributed by atoms with E-state index in [9.17, 15) is 19.5 Å². The summed E-state index contributed by atoms with van der Waals surface area (Å²) in [5.74, 6) is -1.80. The maximum absolute atomic E-state index is 12.7. The van der Waals surface area contributed by atoms with Crippen LogP contribution in [0, 0.1) is 0 Å². The average Bonchev–Trinajstić information content (AvgIpc) is 3.15. The van der Waals surface area contributed by atoms with Crippen molar-refractivity contribution in [2.24, 2.45) is 0 Å². The summed E-state index contributed by atoms with van der Waals surface area (Å²) in [5, 5.41) is 11.6. The van der Waals surface area contributed by atoms with Crippen molar-refractivity contribution in [3.8, 4) is 0 Å². The van der Waals surface area contributed by atoms with E-state index in [1.165, 1.54) is 44.9 Å². The first kappa shape index (κ1) is 52.8. The van der Waals surface area contributed by atoms with Gasteiger partial charge >= 0.3 is 11.9 Å². The Morgan fingerprint density at radius 1 is 0.536 bits per heavy atom. The van der Waals surface area contributed by atoms with Crippen LogP contribution in [-0.2, 0) is 28.6 Å². The number of esters is 2. The third-order valence-corrected chi connectivity index (χ3v) is 9.34. The highest BCUT2D eigenvalue weighted by molar-refractivity contribution is 5.70. The molecule has 56 heavy (non-hydrogen) atoms. The van der Waals surface area contributed by atoms with Gasteiger partial charge in [-0.1, -0.05) is 138 Å². The lowest BCUT2D eigenvalue weighted by atomic mass is 10.0. The van der Waals surface area contributed by atoms with Gasteiger partial charge in [-0.2, -0.15) is 0 Å². The number of nitrogens with zero attached hydrogens (tertiary/aromatic N) is 1. The molecule has 0 aromatic heterocycles. The fourth-order valence-corrected chi connectivity index (χ4v) is 5.98. The summed E-state index contributed by atoms with van der Waals surface area (Å²) in [7, 11) is 5.38. The van der Waals surface area contributed by atoms with Crippen molar-refractivity contribution in [2.75, 3.05) is 41.0 Å². The van der Waals surface area contributed by atoms with Gasteiger partial charge in [-0.25, -0.2) is 0 Å². The fraction of sp³-hybridized carbons (Fsp3) is 0.688. The van der Waals surface area contributed by atoms with E-state index in [0.717, 1.165) is 83.5 Å². The zero-order chi connectivity index (χ0) is 41.4. The first-order valence-corrected chi connectivity index (χ1v) is 22.0. The second-order valence-corrected chi connectivity index (χ2v) is 15.5. The average molecular weight is 784 g/mol. The molecule has 2 atom stereocenters. The van der Waals surface area contributed by atoms with Crippen molar-refractivity contribution in [1.82, 2.24) is 0 Å². The van der Waals surface area contributed by atoms with E-state index in [1.54, 1.807) is 21.1 Å². The molecule has 0 N–H and O–H groups in total. The van der Waals surface area contributed by atoms with E-state index in [0.29, 0.717) is 12.8 Å². The van der Waals surface area contributed by atoms with Crippen LogP contribution >= 0.6 is 0 Å². The van der Waals surface area contributed by atoms with E-state index in [-0.39, 0.29) is 42.7 Å². The van der Waals surface area contributed by atoms with Crippen molar-refractivity contribution in [1.29, 1.82) is 0 Å². The molecule has 320 valence electrons. The number of rotatable bonds is 38. The van der Waals surface area contributed by atoms with Gasteiger partial charge in [-0.15, -0.1) is 0 Å². The second kappa shape index (κ2) is 38.6. The van der Waals surface area contributed by atoms with Crippen LogP contribution in [-0.4, -0.2) is 75.5 Å². The van der Waals surface area contributed by atoms with E-state index < -0.39 is 18.1 Å². The van der Waals surface area contributed by atoms with Gasteiger partial charge in [-0.05, 0) is 77.0 Å². The number of carbonyl (C=O) groups is 3. The first-order valence-electron chi connectivity index (χ1n) is 22.0. The molecular formula is C48H81NO7. The normalized spacial score (nSPS) is 13.7. The van der Waals surface area contributed by atoms with Crippen LogP contribution in [0.5, 0.6) is 0 Å². The zero-order valence-corrected chi connectivity index (χ0v) is 36.3. The molecule has 0 bridgehead atoms. The predicted molar refractivity (Wildman–Crippen MR) is 231 cm³/mol. The highest BCUT2D eigenvalue weighted by Crippen LogP contribution is 2.14.